The maximum Gasteiger partial charge on any atom is 0.207 e. The first-order valence-electron chi connectivity index (χ1n) is 6.25. The Hall–Kier alpha value is -1.02. The van der Waals surface area contributed by atoms with Gasteiger partial charge in [0.15, 0.2) is 0 Å². The highest BCUT2D eigenvalue weighted by Crippen LogP contribution is 2.25. The monoisotopic (exact) mass is 345 g/mol. The van der Waals surface area contributed by atoms with Crippen LogP contribution in [0.15, 0.2) is 18.2 Å². The van der Waals surface area contributed by atoms with Crippen molar-refractivity contribution < 1.29 is 8.95 Å². The highest BCUT2D eigenvalue weighted by molar-refractivity contribution is 7.83. The minimum absolute atomic E-state index is 0.434. The minimum atomic E-state index is -0.933. The summed E-state index contributed by atoms with van der Waals surface area (Å²) in [4.78, 5) is 4.38. The molecule has 8 heteroatoms. The summed E-state index contributed by atoms with van der Waals surface area (Å²) in [7, 11) is 0.718. The van der Waals surface area contributed by atoms with Crippen LogP contribution in [0.4, 0.5) is 10.8 Å². The van der Waals surface area contributed by atoms with E-state index < -0.39 is 10.8 Å². The van der Waals surface area contributed by atoms with E-state index in [0.29, 0.717) is 28.9 Å². The second-order valence-electron chi connectivity index (χ2n) is 4.41. The van der Waals surface area contributed by atoms with Gasteiger partial charge in [-0.25, -0.2) is 4.98 Å². The van der Waals surface area contributed by atoms with E-state index >= 15 is 0 Å². The van der Waals surface area contributed by atoms with Crippen LogP contribution in [-0.2, 0) is 27.7 Å². The molecule has 0 aliphatic rings. The van der Waals surface area contributed by atoms with Crippen molar-refractivity contribution in [3.05, 3.63) is 34.6 Å². The smallest absolute Gasteiger partial charge is 0.207 e. The molecule has 1 aromatic heterocycles. The van der Waals surface area contributed by atoms with Gasteiger partial charge in [-0.2, -0.15) is 4.37 Å². The Bertz CT molecular complexity index is 634. The van der Waals surface area contributed by atoms with Crippen LogP contribution >= 0.6 is 23.1 Å². The molecule has 1 atom stereocenters. The highest BCUT2D eigenvalue weighted by Gasteiger charge is 2.07. The topological polar surface area (TPSA) is 64.1 Å². The zero-order chi connectivity index (χ0) is 15.2. The fraction of sp³-hybridized carbons (Fsp3) is 0.385. The van der Waals surface area contributed by atoms with Crippen LogP contribution < -0.4 is 5.32 Å². The van der Waals surface area contributed by atoms with Crippen molar-refractivity contribution >= 4 is 44.8 Å². The number of hydrogen-bond acceptors (Lipinski definition) is 6. The lowest BCUT2D eigenvalue weighted by Gasteiger charge is -2.07. The van der Waals surface area contributed by atoms with Crippen molar-refractivity contribution in [3.63, 3.8) is 0 Å². The van der Waals surface area contributed by atoms with E-state index in [1.54, 1.807) is 19.4 Å². The van der Waals surface area contributed by atoms with Gasteiger partial charge >= 0.3 is 0 Å². The Balaban J connectivity index is 2.08. The Kier molecular flexibility index (Phi) is 6.10. The molecule has 0 saturated carbocycles. The lowest BCUT2D eigenvalue weighted by atomic mass is 10.2. The van der Waals surface area contributed by atoms with E-state index in [-0.39, 0.29) is 0 Å². The van der Waals surface area contributed by atoms with Crippen LogP contribution in [0, 0.1) is 0 Å². The van der Waals surface area contributed by atoms with Gasteiger partial charge in [0, 0.05) is 58.6 Å². The van der Waals surface area contributed by atoms with Gasteiger partial charge in [-0.05, 0) is 23.8 Å². The predicted molar refractivity (Wildman–Crippen MR) is 88.0 cm³/mol. The maximum atomic E-state index is 11.3. The lowest BCUT2D eigenvalue weighted by molar-refractivity contribution is 0.201. The molecule has 2 rings (SSSR count). The Labute approximate surface area is 135 Å². The molecule has 1 heterocycles. The van der Waals surface area contributed by atoms with Crippen LogP contribution in [-0.4, -0.2) is 33.5 Å². The van der Waals surface area contributed by atoms with Gasteiger partial charge in [0.05, 0.1) is 6.61 Å². The second kappa shape index (κ2) is 7.84. The first-order chi connectivity index (χ1) is 10.1. The molecule has 0 aliphatic heterocycles. The average molecular weight is 346 g/mol. The summed E-state index contributed by atoms with van der Waals surface area (Å²) < 4.78 is 20.6. The number of ether oxygens (including phenoxy) is 1. The van der Waals surface area contributed by atoms with Gasteiger partial charge in [0.25, 0.3) is 0 Å². The van der Waals surface area contributed by atoms with Crippen molar-refractivity contribution in [2.24, 2.45) is 0 Å². The Morgan fingerprint density at radius 1 is 1.48 bits per heavy atom. The number of halogens is 1. The van der Waals surface area contributed by atoms with E-state index in [1.807, 2.05) is 12.1 Å². The summed E-state index contributed by atoms with van der Waals surface area (Å²) in [6, 6.07) is 5.54. The van der Waals surface area contributed by atoms with Crippen LogP contribution in [0.5, 0.6) is 0 Å². The highest BCUT2D eigenvalue weighted by atomic mass is 35.5. The van der Waals surface area contributed by atoms with Crippen molar-refractivity contribution in [1.29, 1.82) is 0 Å². The number of hydrogen-bond donors (Lipinski definition) is 1. The molecule has 114 valence electrons. The van der Waals surface area contributed by atoms with Crippen LogP contribution in [0.1, 0.15) is 11.4 Å². The Morgan fingerprint density at radius 3 is 3.00 bits per heavy atom. The molecule has 0 bridgehead atoms. The molecule has 0 aliphatic carbocycles. The minimum Gasteiger partial charge on any atom is -0.384 e. The lowest BCUT2D eigenvalue weighted by Crippen LogP contribution is -1.98. The van der Waals surface area contributed by atoms with E-state index in [0.717, 1.165) is 17.1 Å². The van der Waals surface area contributed by atoms with Gasteiger partial charge in [-0.1, -0.05) is 11.6 Å². The summed E-state index contributed by atoms with van der Waals surface area (Å²) in [6.45, 7) is 0.601. The third-order valence-corrected chi connectivity index (χ3v) is 4.41. The summed E-state index contributed by atoms with van der Waals surface area (Å²) in [5.74, 6) is 1.19. The van der Waals surface area contributed by atoms with Crippen molar-refractivity contribution in [2.45, 2.75) is 12.2 Å². The van der Waals surface area contributed by atoms with E-state index in [1.165, 1.54) is 11.5 Å². The fourth-order valence-corrected chi connectivity index (χ4v) is 3.28. The normalized spacial score (nSPS) is 12.3. The predicted octanol–water partition coefficient (Wildman–Crippen LogP) is 3.00. The molecule has 2 aromatic rings. The number of benzene rings is 1. The van der Waals surface area contributed by atoms with Crippen molar-refractivity contribution in [3.8, 4) is 0 Å². The van der Waals surface area contributed by atoms with Gasteiger partial charge in [-0.3, -0.25) is 4.21 Å². The van der Waals surface area contributed by atoms with E-state index in [9.17, 15) is 4.21 Å². The average Bonchev–Trinajstić information content (AvgIpc) is 2.87. The maximum absolute atomic E-state index is 11.3. The molecule has 1 N–H and O–H groups in total. The van der Waals surface area contributed by atoms with E-state index in [2.05, 4.69) is 14.7 Å². The molecule has 0 fully saturated rings. The van der Waals surface area contributed by atoms with Gasteiger partial charge in [-0.15, -0.1) is 0 Å². The van der Waals surface area contributed by atoms with Crippen LogP contribution in [0.3, 0.4) is 0 Å². The molecule has 0 amide bonds. The van der Waals surface area contributed by atoms with Crippen molar-refractivity contribution in [1.82, 2.24) is 9.36 Å². The number of aromatic nitrogens is 2. The first kappa shape index (κ1) is 16.4. The molecule has 0 radical (unpaired) electrons. The summed E-state index contributed by atoms with van der Waals surface area (Å²) in [5.41, 5.74) is 1.71. The second-order valence-corrected chi connectivity index (χ2v) is 7.00. The molecule has 21 heavy (non-hydrogen) atoms. The third kappa shape index (κ3) is 5.03. The van der Waals surface area contributed by atoms with Gasteiger partial charge < -0.3 is 10.1 Å². The number of nitrogens with zero attached hydrogens (tertiary/aromatic N) is 2. The largest absolute Gasteiger partial charge is 0.384 e. The molecule has 5 nitrogen and oxygen atoms in total. The fourth-order valence-electron chi connectivity index (χ4n) is 1.71. The standard InChI is InChI=1S/C13H16ClN3O2S2/c1-19-6-5-12-16-13(20-17-12)15-10-3-4-11(14)9(7-10)8-21(2)18/h3-4,7H,5-6,8H2,1-2H3,(H,15,16,17). The van der Waals surface area contributed by atoms with Gasteiger partial charge in [0.2, 0.25) is 5.13 Å². The third-order valence-electron chi connectivity index (χ3n) is 2.65. The van der Waals surface area contributed by atoms with E-state index in [4.69, 9.17) is 16.3 Å². The van der Waals surface area contributed by atoms with Crippen LogP contribution in [0.2, 0.25) is 5.02 Å². The zero-order valence-electron chi connectivity index (χ0n) is 11.8. The molecule has 1 unspecified atom stereocenters. The number of anilines is 2. The molecular weight excluding hydrogens is 330 g/mol. The zero-order valence-corrected chi connectivity index (χ0v) is 14.1. The number of rotatable bonds is 7. The Morgan fingerprint density at radius 2 is 2.29 bits per heavy atom. The quantitative estimate of drug-likeness (QED) is 0.835. The number of methoxy groups -OCH3 is 1. The molecule has 0 spiro atoms. The van der Waals surface area contributed by atoms with Gasteiger partial charge in [0.1, 0.15) is 5.82 Å². The first-order valence-corrected chi connectivity index (χ1v) is 9.13. The summed E-state index contributed by atoms with van der Waals surface area (Å²) in [5, 5.41) is 4.52. The molecule has 0 saturated heterocycles. The molecule has 1 aromatic carbocycles. The molecular formula is C13H16ClN3O2S2. The SMILES string of the molecule is COCCc1nsc(Nc2ccc(Cl)c(CS(C)=O)c2)n1. The van der Waals surface area contributed by atoms with Crippen molar-refractivity contribution in [2.75, 3.05) is 25.3 Å². The number of nitrogens with one attached hydrogen (secondary N) is 1. The summed E-state index contributed by atoms with van der Waals surface area (Å²) in [6.07, 6.45) is 2.35. The summed E-state index contributed by atoms with van der Waals surface area (Å²) >= 11 is 7.40. The van der Waals surface area contributed by atoms with Crippen LogP contribution in [0.25, 0.3) is 0 Å².